The lowest BCUT2D eigenvalue weighted by atomic mass is 10.1. The summed E-state index contributed by atoms with van der Waals surface area (Å²) in [6, 6.07) is 14.0. The van der Waals surface area contributed by atoms with Gasteiger partial charge in [0, 0.05) is 32.7 Å². The highest BCUT2D eigenvalue weighted by atomic mass is 16.7. The van der Waals surface area contributed by atoms with Gasteiger partial charge in [0.05, 0.1) is 0 Å². The van der Waals surface area contributed by atoms with Crippen LogP contribution in [0.2, 0.25) is 0 Å². The number of carbonyl (C=O) groups is 1. The maximum absolute atomic E-state index is 12.8. The molecule has 0 bridgehead atoms. The molecule has 0 unspecified atom stereocenters. The third kappa shape index (κ3) is 4.48. The molecule has 2 aromatic rings. The first-order valence-electron chi connectivity index (χ1n) is 10.3. The molecule has 1 saturated heterocycles. The predicted octanol–water partition coefficient (Wildman–Crippen LogP) is 3.09. The minimum absolute atomic E-state index is 0.0543. The normalized spacial score (nSPS) is 17.2. The van der Waals surface area contributed by atoms with E-state index in [2.05, 4.69) is 17.9 Å². The Labute approximate surface area is 172 Å². The lowest BCUT2D eigenvalue weighted by Crippen LogP contribution is -2.51. The Morgan fingerprint density at radius 2 is 1.83 bits per heavy atom. The Bertz CT molecular complexity index is 862. The summed E-state index contributed by atoms with van der Waals surface area (Å²) in [6.07, 6.45) is 0.401. The highest BCUT2D eigenvalue weighted by Crippen LogP contribution is 2.32. The average Bonchev–Trinajstić information content (AvgIpc) is 3.22. The van der Waals surface area contributed by atoms with Gasteiger partial charge in [-0.05, 0) is 42.7 Å². The Morgan fingerprint density at radius 1 is 1.07 bits per heavy atom. The second kappa shape index (κ2) is 8.74. The smallest absolute Gasteiger partial charge is 0.263 e. The minimum atomic E-state index is -0.483. The van der Waals surface area contributed by atoms with Gasteiger partial charge >= 0.3 is 0 Å². The molecular weight excluding hydrogens is 368 g/mol. The van der Waals surface area contributed by atoms with Crippen LogP contribution in [0.15, 0.2) is 42.5 Å². The maximum atomic E-state index is 12.8. The van der Waals surface area contributed by atoms with E-state index in [-0.39, 0.29) is 5.91 Å². The van der Waals surface area contributed by atoms with E-state index < -0.39 is 6.10 Å². The van der Waals surface area contributed by atoms with Crippen LogP contribution >= 0.6 is 0 Å². The van der Waals surface area contributed by atoms with Crippen molar-refractivity contribution in [2.75, 3.05) is 33.0 Å². The fraction of sp³-hybridized carbons (Fsp3) is 0.435. The van der Waals surface area contributed by atoms with Gasteiger partial charge in [-0.3, -0.25) is 9.69 Å². The van der Waals surface area contributed by atoms with Crippen molar-refractivity contribution in [1.82, 2.24) is 9.80 Å². The largest absolute Gasteiger partial charge is 0.481 e. The van der Waals surface area contributed by atoms with E-state index in [4.69, 9.17) is 14.2 Å². The van der Waals surface area contributed by atoms with Crippen LogP contribution in [0, 0.1) is 0 Å². The quantitative estimate of drug-likeness (QED) is 0.751. The molecule has 2 heterocycles. The summed E-state index contributed by atoms with van der Waals surface area (Å²) in [6.45, 7) is 8.19. The molecule has 0 N–H and O–H groups in total. The summed E-state index contributed by atoms with van der Waals surface area (Å²) in [5.74, 6) is 2.48. The zero-order chi connectivity index (χ0) is 20.2. The molecule has 4 rings (SSSR count). The summed E-state index contributed by atoms with van der Waals surface area (Å²) in [5, 5.41) is 0. The van der Waals surface area contributed by atoms with Gasteiger partial charge < -0.3 is 19.1 Å². The van der Waals surface area contributed by atoms with Crippen molar-refractivity contribution >= 4 is 5.91 Å². The van der Waals surface area contributed by atoms with Crippen molar-refractivity contribution in [2.24, 2.45) is 0 Å². The number of nitrogens with zero attached hydrogens (tertiary/aromatic N) is 2. The van der Waals surface area contributed by atoms with E-state index in [1.165, 1.54) is 5.56 Å². The van der Waals surface area contributed by atoms with Gasteiger partial charge in [-0.15, -0.1) is 0 Å². The second-order valence-corrected chi connectivity index (χ2v) is 7.51. The van der Waals surface area contributed by atoms with E-state index in [0.717, 1.165) is 48.9 Å². The highest BCUT2D eigenvalue weighted by Gasteiger charge is 2.26. The number of rotatable bonds is 6. The minimum Gasteiger partial charge on any atom is -0.481 e. The SMILES string of the molecule is CCc1ccccc1O[C@@H](C)C(=O)N1CCN(Cc2ccc3c(c2)OCO3)CC1. The molecule has 2 aliphatic heterocycles. The van der Waals surface area contributed by atoms with Crippen LogP contribution in [0.4, 0.5) is 0 Å². The zero-order valence-corrected chi connectivity index (χ0v) is 17.1. The third-order valence-electron chi connectivity index (χ3n) is 5.53. The van der Waals surface area contributed by atoms with E-state index >= 15 is 0 Å². The first-order chi connectivity index (χ1) is 14.1. The molecule has 0 aromatic heterocycles. The van der Waals surface area contributed by atoms with Gasteiger partial charge in [-0.1, -0.05) is 31.2 Å². The molecule has 6 heteroatoms. The van der Waals surface area contributed by atoms with Crippen molar-refractivity contribution in [1.29, 1.82) is 0 Å². The summed E-state index contributed by atoms with van der Waals surface area (Å²) in [7, 11) is 0. The van der Waals surface area contributed by atoms with E-state index in [1.54, 1.807) is 0 Å². The van der Waals surface area contributed by atoms with Crippen molar-refractivity contribution < 1.29 is 19.0 Å². The number of ether oxygens (including phenoxy) is 3. The Balaban J connectivity index is 1.29. The average molecular weight is 396 g/mol. The van der Waals surface area contributed by atoms with E-state index in [1.807, 2.05) is 48.2 Å². The number of hydrogen-bond acceptors (Lipinski definition) is 5. The van der Waals surface area contributed by atoms with Crippen LogP contribution in [-0.4, -0.2) is 54.8 Å². The summed E-state index contributed by atoms with van der Waals surface area (Å²) < 4.78 is 16.8. The Kier molecular flexibility index (Phi) is 5.90. The third-order valence-corrected chi connectivity index (χ3v) is 5.53. The first-order valence-corrected chi connectivity index (χ1v) is 10.3. The van der Waals surface area contributed by atoms with Gasteiger partial charge in [0.1, 0.15) is 5.75 Å². The first kappa shape index (κ1) is 19.6. The van der Waals surface area contributed by atoms with Crippen LogP contribution in [-0.2, 0) is 17.8 Å². The fourth-order valence-electron chi connectivity index (χ4n) is 3.83. The van der Waals surface area contributed by atoms with Crippen LogP contribution in [0.3, 0.4) is 0 Å². The molecular formula is C23H28N2O4. The van der Waals surface area contributed by atoms with Gasteiger partial charge in [0.25, 0.3) is 5.91 Å². The lowest BCUT2D eigenvalue weighted by molar-refractivity contribution is -0.139. The van der Waals surface area contributed by atoms with E-state index in [9.17, 15) is 4.79 Å². The molecule has 0 radical (unpaired) electrons. The second-order valence-electron chi connectivity index (χ2n) is 7.51. The van der Waals surface area contributed by atoms with Gasteiger partial charge in [-0.25, -0.2) is 0 Å². The number of fused-ring (bicyclic) bond motifs is 1. The number of piperazine rings is 1. The molecule has 2 aliphatic rings. The van der Waals surface area contributed by atoms with Crippen molar-refractivity contribution in [3.8, 4) is 17.2 Å². The van der Waals surface area contributed by atoms with Crippen LogP contribution in [0.1, 0.15) is 25.0 Å². The fourth-order valence-corrected chi connectivity index (χ4v) is 3.83. The van der Waals surface area contributed by atoms with Crippen LogP contribution in [0.5, 0.6) is 17.2 Å². The zero-order valence-electron chi connectivity index (χ0n) is 17.1. The van der Waals surface area contributed by atoms with Crippen LogP contribution < -0.4 is 14.2 Å². The monoisotopic (exact) mass is 396 g/mol. The number of carbonyl (C=O) groups excluding carboxylic acids is 1. The van der Waals surface area contributed by atoms with Crippen molar-refractivity contribution in [2.45, 2.75) is 32.9 Å². The number of benzene rings is 2. The number of amides is 1. The molecule has 6 nitrogen and oxygen atoms in total. The Hall–Kier alpha value is -2.73. The summed E-state index contributed by atoms with van der Waals surface area (Å²) >= 11 is 0. The summed E-state index contributed by atoms with van der Waals surface area (Å²) in [5.41, 5.74) is 2.32. The number of aryl methyl sites for hydroxylation is 1. The predicted molar refractivity (Wildman–Crippen MR) is 110 cm³/mol. The molecule has 1 amide bonds. The van der Waals surface area contributed by atoms with Crippen molar-refractivity contribution in [3.63, 3.8) is 0 Å². The molecule has 29 heavy (non-hydrogen) atoms. The lowest BCUT2D eigenvalue weighted by Gasteiger charge is -2.36. The molecule has 2 aromatic carbocycles. The van der Waals surface area contributed by atoms with Gasteiger partial charge in [0.15, 0.2) is 17.6 Å². The molecule has 1 atom stereocenters. The molecule has 0 saturated carbocycles. The van der Waals surface area contributed by atoms with Crippen LogP contribution in [0.25, 0.3) is 0 Å². The van der Waals surface area contributed by atoms with E-state index in [0.29, 0.717) is 19.9 Å². The summed E-state index contributed by atoms with van der Waals surface area (Å²) in [4.78, 5) is 17.1. The molecule has 0 aliphatic carbocycles. The van der Waals surface area contributed by atoms with Crippen molar-refractivity contribution in [3.05, 3.63) is 53.6 Å². The maximum Gasteiger partial charge on any atom is 0.263 e. The van der Waals surface area contributed by atoms with Gasteiger partial charge in [-0.2, -0.15) is 0 Å². The topological polar surface area (TPSA) is 51.2 Å². The van der Waals surface area contributed by atoms with Gasteiger partial charge in [0.2, 0.25) is 6.79 Å². The Morgan fingerprint density at radius 3 is 2.62 bits per heavy atom. The number of para-hydroxylation sites is 1. The molecule has 154 valence electrons. The highest BCUT2D eigenvalue weighted by molar-refractivity contribution is 5.81. The molecule has 0 spiro atoms. The standard InChI is InChI=1S/C23H28N2O4/c1-3-19-6-4-5-7-20(19)29-17(2)23(26)25-12-10-24(11-13-25)15-18-8-9-21-22(14-18)28-16-27-21/h4-9,14,17H,3,10-13,15-16H2,1-2H3/t17-/m0/s1. The molecule has 1 fully saturated rings. The number of hydrogen-bond donors (Lipinski definition) is 0.